The van der Waals surface area contributed by atoms with Gasteiger partial charge in [0.1, 0.15) is 18.5 Å². The molecule has 0 radical (unpaired) electrons. The molecular weight excluding hydrogens is 500 g/mol. The molecule has 1 aliphatic rings. The third-order valence-electron chi connectivity index (χ3n) is 4.87. The standard InChI is InChI=1S/C22H26N2O13/c1-11-23-16-8-6-7-9-17(16)24(11)22-21(37-34-15(5)28)20(36-33-14(4)27)19(35-32-13(3)26)18(30-22)10-29-31-12(2)25/h6-9,18-22H,10H2,1-5H3/t18-,19-,20-,21+,22-/m0/s1. The molecule has 0 amide bonds. The van der Waals surface area contributed by atoms with Gasteiger partial charge in [-0.2, -0.15) is 19.6 Å². The van der Waals surface area contributed by atoms with Gasteiger partial charge in [-0.25, -0.2) is 24.2 Å². The summed E-state index contributed by atoms with van der Waals surface area (Å²) in [6, 6.07) is 7.09. The highest BCUT2D eigenvalue weighted by atomic mass is 17.3. The number of fused-ring (bicyclic) bond motifs is 1. The summed E-state index contributed by atoms with van der Waals surface area (Å²) >= 11 is 0. The van der Waals surface area contributed by atoms with Crippen LogP contribution < -0.4 is 0 Å². The van der Waals surface area contributed by atoms with E-state index in [9.17, 15) is 19.2 Å². The zero-order valence-corrected chi connectivity index (χ0v) is 20.6. The first kappa shape index (κ1) is 27.9. The molecule has 2 heterocycles. The van der Waals surface area contributed by atoms with Crippen molar-refractivity contribution in [1.29, 1.82) is 0 Å². The molecule has 0 spiro atoms. The largest absolute Gasteiger partial charge is 0.346 e. The second-order valence-corrected chi connectivity index (χ2v) is 7.85. The Labute approximate surface area is 210 Å². The van der Waals surface area contributed by atoms with Crippen molar-refractivity contribution in [2.75, 3.05) is 6.61 Å². The summed E-state index contributed by atoms with van der Waals surface area (Å²) in [7, 11) is 0. The van der Waals surface area contributed by atoms with Gasteiger partial charge in [-0.1, -0.05) is 12.1 Å². The number of carbonyl (C=O) groups is 4. The van der Waals surface area contributed by atoms with Gasteiger partial charge < -0.3 is 4.74 Å². The highest BCUT2D eigenvalue weighted by molar-refractivity contribution is 5.76. The maximum absolute atomic E-state index is 11.6. The van der Waals surface area contributed by atoms with Crippen LogP contribution in [0.3, 0.4) is 0 Å². The summed E-state index contributed by atoms with van der Waals surface area (Å²) in [5.41, 5.74) is 1.21. The van der Waals surface area contributed by atoms with Crippen LogP contribution in [0.2, 0.25) is 0 Å². The van der Waals surface area contributed by atoms with E-state index in [4.69, 9.17) is 34.1 Å². The molecule has 15 heteroatoms. The van der Waals surface area contributed by atoms with Crippen LogP contribution in [0.4, 0.5) is 0 Å². The Morgan fingerprint density at radius 1 is 0.811 bits per heavy atom. The summed E-state index contributed by atoms with van der Waals surface area (Å²) in [6.45, 7) is 5.62. The normalized spacial score (nSPS) is 23.3. The van der Waals surface area contributed by atoms with Crippen molar-refractivity contribution in [2.45, 2.75) is 65.3 Å². The van der Waals surface area contributed by atoms with Crippen molar-refractivity contribution in [3.63, 3.8) is 0 Å². The third kappa shape index (κ3) is 7.21. The zero-order valence-electron chi connectivity index (χ0n) is 20.6. The van der Waals surface area contributed by atoms with E-state index in [0.717, 1.165) is 27.7 Å². The maximum Gasteiger partial charge on any atom is 0.339 e. The summed E-state index contributed by atoms with van der Waals surface area (Å²) in [5, 5.41) is 0. The van der Waals surface area contributed by atoms with E-state index in [1.165, 1.54) is 0 Å². The predicted molar refractivity (Wildman–Crippen MR) is 116 cm³/mol. The smallest absolute Gasteiger partial charge is 0.339 e. The van der Waals surface area contributed by atoms with E-state index in [0.29, 0.717) is 16.9 Å². The van der Waals surface area contributed by atoms with E-state index in [1.54, 1.807) is 35.8 Å². The highest BCUT2D eigenvalue weighted by Gasteiger charge is 2.54. The van der Waals surface area contributed by atoms with Crippen LogP contribution in [0.5, 0.6) is 0 Å². The fourth-order valence-electron chi connectivity index (χ4n) is 3.61. The van der Waals surface area contributed by atoms with Crippen LogP contribution in [-0.4, -0.2) is 64.5 Å². The average Bonchev–Trinajstić information content (AvgIpc) is 3.15. The molecule has 15 nitrogen and oxygen atoms in total. The van der Waals surface area contributed by atoms with Gasteiger partial charge in [0.15, 0.2) is 24.5 Å². The van der Waals surface area contributed by atoms with Gasteiger partial charge >= 0.3 is 23.9 Å². The fourth-order valence-corrected chi connectivity index (χ4v) is 3.61. The minimum absolute atomic E-state index is 0.450. The Morgan fingerprint density at radius 2 is 1.35 bits per heavy atom. The molecule has 3 rings (SSSR count). The van der Waals surface area contributed by atoms with Crippen molar-refractivity contribution in [3.05, 3.63) is 30.1 Å². The Morgan fingerprint density at radius 3 is 1.95 bits per heavy atom. The molecule has 1 fully saturated rings. The zero-order chi connectivity index (χ0) is 27.1. The van der Waals surface area contributed by atoms with Crippen LogP contribution in [0.25, 0.3) is 11.0 Å². The van der Waals surface area contributed by atoms with E-state index in [-0.39, 0.29) is 0 Å². The molecule has 0 saturated carbocycles. The van der Waals surface area contributed by atoms with Crippen LogP contribution in [0.15, 0.2) is 24.3 Å². The topological polar surface area (TPSA) is 169 Å². The van der Waals surface area contributed by atoms with Gasteiger partial charge in [0.25, 0.3) is 0 Å². The molecule has 0 N–H and O–H groups in total. The number of nitrogens with zero attached hydrogens (tertiary/aromatic N) is 2. The molecule has 5 atom stereocenters. The Balaban J connectivity index is 2.09. The molecular formula is C22H26N2O13. The monoisotopic (exact) mass is 526 g/mol. The molecule has 2 aromatic rings. The number of benzene rings is 1. The Hall–Kier alpha value is -3.63. The van der Waals surface area contributed by atoms with Crippen LogP contribution in [0, 0.1) is 6.92 Å². The molecule has 37 heavy (non-hydrogen) atoms. The summed E-state index contributed by atoms with van der Waals surface area (Å²) < 4.78 is 7.80. The Kier molecular flexibility index (Phi) is 9.48. The SMILES string of the molecule is CC(=O)OOC[C@@H]1O[C@H](n2c(C)nc3ccccc32)[C@H](OOC(C)=O)[C@@H](OOC(C)=O)[C@H]1OOC(C)=O. The van der Waals surface area contributed by atoms with Gasteiger partial charge in [-0.05, 0) is 19.1 Å². The number of hydrogen-bond donors (Lipinski definition) is 0. The molecule has 0 bridgehead atoms. The number of aryl methyl sites for hydroxylation is 1. The lowest BCUT2D eigenvalue weighted by atomic mass is 9.98. The van der Waals surface area contributed by atoms with Gasteiger partial charge in [0.2, 0.25) is 0 Å². The highest BCUT2D eigenvalue weighted by Crippen LogP contribution is 2.37. The molecule has 0 unspecified atom stereocenters. The third-order valence-corrected chi connectivity index (χ3v) is 4.87. The number of rotatable bonds is 10. The molecule has 1 aromatic carbocycles. The van der Waals surface area contributed by atoms with Crippen LogP contribution in [0.1, 0.15) is 39.7 Å². The summed E-state index contributed by atoms with van der Waals surface area (Å²) in [6.07, 6.45) is -6.61. The van der Waals surface area contributed by atoms with E-state index < -0.39 is 61.1 Å². The van der Waals surface area contributed by atoms with Crippen LogP contribution >= 0.6 is 0 Å². The number of aromatic nitrogens is 2. The fraction of sp³-hybridized carbons (Fsp3) is 0.500. The van der Waals surface area contributed by atoms with Crippen molar-refractivity contribution in [1.82, 2.24) is 9.55 Å². The lowest BCUT2D eigenvalue weighted by Gasteiger charge is -2.43. The predicted octanol–water partition coefficient (Wildman–Crippen LogP) is 1.33. The number of hydrogen-bond acceptors (Lipinski definition) is 14. The lowest BCUT2D eigenvalue weighted by molar-refractivity contribution is -0.445. The average molecular weight is 526 g/mol. The van der Waals surface area contributed by atoms with Gasteiger partial charge in [0, 0.05) is 27.7 Å². The molecule has 1 aliphatic heterocycles. The van der Waals surface area contributed by atoms with E-state index in [2.05, 4.69) is 14.8 Å². The molecule has 202 valence electrons. The number of para-hydroxylation sites is 2. The minimum Gasteiger partial charge on any atom is -0.346 e. The second kappa shape index (κ2) is 12.6. The lowest BCUT2D eigenvalue weighted by Crippen LogP contribution is -2.59. The first-order valence-electron chi connectivity index (χ1n) is 11.0. The second-order valence-electron chi connectivity index (χ2n) is 7.85. The number of carbonyl (C=O) groups excluding carboxylic acids is 4. The van der Waals surface area contributed by atoms with Gasteiger partial charge in [-0.15, -0.1) is 0 Å². The Bertz CT molecular complexity index is 1130. The molecule has 0 aliphatic carbocycles. The van der Waals surface area contributed by atoms with Gasteiger partial charge in [-0.3, -0.25) is 24.1 Å². The molecule has 1 aromatic heterocycles. The van der Waals surface area contributed by atoms with E-state index in [1.807, 2.05) is 0 Å². The summed E-state index contributed by atoms with van der Waals surface area (Å²) in [5.74, 6) is -2.76. The van der Waals surface area contributed by atoms with Gasteiger partial charge in [0.05, 0.1) is 11.0 Å². The first-order chi connectivity index (χ1) is 17.6. The van der Waals surface area contributed by atoms with Crippen molar-refractivity contribution in [2.24, 2.45) is 0 Å². The van der Waals surface area contributed by atoms with Crippen molar-refractivity contribution < 1.29 is 63.0 Å². The summed E-state index contributed by atoms with van der Waals surface area (Å²) in [4.78, 5) is 90.0. The molecule has 1 saturated heterocycles. The van der Waals surface area contributed by atoms with Crippen molar-refractivity contribution in [3.8, 4) is 0 Å². The first-order valence-corrected chi connectivity index (χ1v) is 11.0. The maximum atomic E-state index is 11.6. The quantitative estimate of drug-likeness (QED) is 0.321. The minimum atomic E-state index is -1.45. The van der Waals surface area contributed by atoms with E-state index >= 15 is 0 Å². The number of imidazole rings is 1. The number of ether oxygens (including phenoxy) is 1. The van der Waals surface area contributed by atoms with Crippen molar-refractivity contribution >= 4 is 34.9 Å². The van der Waals surface area contributed by atoms with Crippen LogP contribution in [-0.2, 0) is 63.0 Å².